The molecule has 3 rings (SSSR count). The first-order valence-corrected chi connectivity index (χ1v) is 6.33. The zero-order valence-corrected chi connectivity index (χ0v) is 10.1. The smallest absolute Gasteiger partial charge is 0.0976 e. The number of fused-ring (bicyclic) bond motifs is 1. The number of nitriles is 1. The van der Waals surface area contributed by atoms with Crippen molar-refractivity contribution in [2.75, 3.05) is 0 Å². The van der Waals surface area contributed by atoms with Crippen LogP contribution in [0, 0.1) is 16.7 Å². The van der Waals surface area contributed by atoms with Crippen LogP contribution in [0.1, 0.15) is 30.9 Å². The summed E-state index contributed by atoms with van der Waals surface area (Å²) in [7, 11) is 0. The number of hydrogen-bond acceptors (Lipinski definition) is 2. The van der Waals surface area contributed by atoms with Crippen molar-refractivity contribution < 1.29 is 5.11 Å². The Morgan fingerprint density at radius 1 is 1.11 bits per heavy atom. The first-order valence-electron chi connectivity index (χ1n) is 6.33. The Morgan fingerprint density at radius 2 is 1.83 bits per heavy atom. The first kappa shape index (κ1) is 11.3. The van der Waals surface area contributed by atoms with Crippen LogP contribution >= 0.6 is 0 Å². The predicted molar refractivity (Wildman–Crippen MR) is 70.8 cm³/mol. The molecule has 0 aliphatic heterocycles. The standard InChI is InChI=1S/C16H15NO/c17-11-16(8-3-9-16)15(18)14-7-6-12-4-1-2-5-13(12)10-14/h1-2,4-7,10,15,18H,3,8-9H2. The van der Waals surface area contributed by atoms with Gasteiger partial charge >= 0.3 is 0 Å². The topological polar surface area (TPSA) is 44.0 Å². The van der Waals surface area contributed by atoms with Crippen molar-refractivity contribution in [1.29, 1.82) is 5.26 Å². The van der Waals surface area contributed by atoms with E-state index in [1.54, 1.807) is 0 Å². The molecule has 1 atom stereocenters. The summed E-state index contributed by atoms with van der Waals surface area (Å²) in [6.45, 7) is 0. The van der Waals surface area contributed by atoms with Crippen LogP contribution in [-0.4, -0.2) is 5.11 Å². The minimum absolute atomic E-state index is 0.553. The average molecular weight is 237 g/mol. The molecule has 18 heavy (non-hydrogen) atoms. The summed E-state index contributed by atoms with van der Waals surface area (Å²) < 4.78 is 0. The van der Waals surface area contributed by atoms with Gasteiger partial charge in [-0.1, -0.05) is 42.8 Å². The van der Waals surface area contributed by atoms with Gasteiger partial charge in [0.1, 0.15) is 0 Å². The Hall–Kier alpha value is -1.85. The van der Waals surface area contributed by atoms with Gasteiger partial charge in [-0.15, -0.1) is 0 Å². The van der Waals surface area contributed by atoms with Crippen LogP contribution in [0.2, 0.25) is 0 Å². The van der Waals surface area contributed by atoms with Crippen molar-refractivity contribution >= 4 is 10.8 Å². The van der Waals surface area contributed by atoms with E-state index in [2.05, 4.69) is 12.1 Å². The summed E-state index contributed by atoms with van der Waals surface area (Å²) in [5.74, 6) is 0. The molecule has 1 fully saturated rings. The van der Waals surface area contributed by atoms with E-state index >= 15 is 0 Å². The quantitative estimate of drug-likeness (QED) is 0.867. The maximum Gasteiger partial charge on any atom is 0.0976 e. The Bertz CT molecular complexity index is 622. The van der Waals surface area contributed by atoms with Gasteiger partial charge < -0.3 is 5.11 Å². The lowest BCUT2D eigenvalue weighted by atomic mass is 9.64. The van der Waals surface area contributed by atoms with Crippen molar-refractivity contribution in [3.63, 3.8) is 0 Å². The zero-order chi connectivity index (χ0) is 12.6. The molecule has 2 aromatic rings. The molecule has 0 amide bonds. The highest BCUT2D eigenvalue weighted by atomic mass is 16.3. The van der Waals surface area contributed by atoms with E-state index in [-0.39, 0.29) is 0 Å². The fraction of sp³-hybridized carbons (Fsp3) is 0.312. The van der Waals surface area contributed by atoms with Gasteiger partial charge in [0.2, 0.25) is 0 Å². The fourth-order valence-electron chi connectivity index (χ4n) is 2.70. The van der Waals surface area contributed by atoms with Crippen LogP contribution < -0.4 is 0 Å². The minimum atomic E-state index is -0.666. The van der Waals surface area contributed by atoms with Crippen LogP contribution in [0.3, 0.4) is 0 Å². The summed E-state index contributed by atoms with van der Waals surface area (Å²) >= 11 is 0. The second-order valence-electron chi connectivity index (χ2n) is 5.13. The molecule has 0 saturated heterocycles. The molecule has 0 bridgehead atoms. The second-order valence-corrected chi connectivity index (χ2v) is 5.13. The van der Waals surface area contributed by atoms with Crippen LogP contribution in [0.5, 0.6) is 0 Å². The maximum absolute atomic E-state index is 10.4. The number of benzene rings is 2. The highest BCUT2D eigenvalue weighted by Gasteiger charge is 2.44. The Morgan fingerprint density at radius 3 is 2.44 bits per heavy atom. The molecule has 2 heteroatoms. The molecule has 2 nitrogen and oxygen atoms in total. The van der Waals surface area contributed by atoms with Crippen molar-refractivity contribution in [2.45, 2.75) is 25.4 Å². The second kappa shape index (κ2) is 4.12. The molecule has 1 unspecified atom stereocenters. The van der Waals surface area contributed by atoms with Crippen molar-refractivity contribution in [2.24, 2.45) is 5.41 Å². The lowest BCUT2D eigenvalue weighted by Crippen LogP contribution is -2.34. The number of aliphatic hydroxyl groups is 1. The molecule has 2 aromatic carbocycles. The van der Waals surface area contributed by atoms with Gasteiger partial charge in [0.15, 0.2) is 0 Å². The third kappa shape index (κ3) is 1.60. The number of aliphatic hydroxyl groups excluding tert-OH is 1. The molecule has 90 valence electrons. The molecular weight excluding hydrogens is 222 g/mol. The molecular formula is C16H15NO. The maximum atomic E-state index is 10.4. The largest absolute Gasteiger partial charge is 0.387 e. The molecule has 0 spiro atoms. The molecule has 1 saturated carbocycles. The average Bonchev–Trinajstić information content (AvgIpc) is 2.37. The lowest BCUT2D eigenvalue weighted by Gasteiger charge is -2.39. The van der Waals surface area contributed by atoms with E-state index in [1.165, 1.54) is 0 Å². The normalized spacial score (nSPS) is 18.9. The monoisotopic (exact) mass is 237 g/mol. The van der Waals surface area contributed by atoms with Crippen molar-refractivity contribution in [3.8, 4) is 6.07 Å². The number of rotatable bonds is 2. The first-order chi connectivity index (χ1) is 8.75. The van der Waals surface area contributed by atoms with E-state index in [9.17, 15) is 10.4 Å². The summed E-state index contributed by atoms with van der Waals surface area (Å²) in [6.07, 6.45) is 1.98. The van der Waals surface area contributed by atoms with Crippen LogP contribution in [0.4, 0.5) is 0 Å². The van der Waals surface area contributed by atoms with Crippen LogP contribution in [-0.2, 0) is 0 Å². The Balaban J connectivity index is 2.02. The highest BCUT2D eigenvalue weighted by molar-refractivity contribution is 5.83. The van der Waals surface area contributed by atoms with E-state index < -0.39 is 11.5 Å². The van der Waals surface area contributed by atoms with Crippen LogP contribution in [0.25, 0.3) is 10.8 Å². The van der Waals surface area contributed by atoms with E-state index in [0.717, 1.165) is 35.6 Å². The van der Waals surface area contributed by atoms with Gasteiger partial charge in [0.25, 0.3) is 0 Å². The summed E-state index contributed by atoms with van der Waals surface area (Å²) in [4.78, 5) is 0. The SMILES string of the molecule is N#CC1(C(O)c2ccc3ccccc3c2)CCC1. The highest BCUT2D eigenvalue weighted by Crippen LogP contribution is 2.49. The van der Waals surface area contributed by atoms with Gasteiger partial charge in [-0.05, 0) is 35.2 Å². The molecule has 1 N–H and O–H groups in total. The Labute approximate surface area is 106 Å². The summed E-state index contributed by atoms with van der Waals surface area (Å²) in [5, 5.41) is 22.0. The number of hydrogen-bond donors (Lipinski definition) is 1. The molecule has 1 aliphatic carbocycles. The third-order valence-electron chi connectivity index (χ3n) is 4.08. The van der Waals surface area contributed by atoms with Gasteiger partial charge in [-0.25, -0.2) is 0 Å². The molecule has 0 aromatic heterocycles. The van der Waals surface area contributed by atoms with Gasteiger partial charge in [-0.2, -0.15) is 5.26 Å². The number of nitrogens with zero attached hydrogens (tertiary/aromatic N) is 1. The fourth-order valence-corrected chi connectivity index (χ4v) is 2.70. The van der Waals surface area contributed by atoms with E-state index in [4.69, 9.17) is 0 Å². The van der Waals surface area contributed by atoms with Gasteiger partial charge in [0.05, 0.1) is 17.6 Å². The van der Waals surface area contributed by atoms with Gasteiger partial charge in [0, 0.05) is 0 Å². The lowest BCUT2D eigenvalue weighted by molar-refractivity contribution is 0.00804. The van der Waals surface area contributed by atoms with Crippen LogP contribution in [0.15, 0.2) is 42.5 Å². The molecule has 1 aliphatic rings. The van der Waals surface area contributed by atoms with Crippen molar-refractivity contribution in [3.05, 3.63) is 48.0 Å². The van der Waals surface area contributed by atoms with Gasteiger partial charge in [-0.3, -0.25) is 0 Å². The third-order valence-corrected chi connectivity index (χ3v) is 4.08. The predicted octanol–water partition coefficient (Wildman–Crippen LogP) is 3.57. The molecule has 0 radical (unpaired) electrons. The Kier molecular flexibility index (Phi) is 2.57. The van der Waals surface area contributed by atoms with Crippen molar-refractivity contribution in [1.82, 2.24) is 0 Å². The summed E-state index contributed by atoms with van der Waals surface area (Å²) in [5.41, 5.74) is 0.303. The molecule has 0 heterocycles. The van der Waals surface area contributed by atoms with E-state index in [1.807, 2.05) is 36.4 Å². The van der Waals surface area contributed by atoms with E-state index in [0.29, 0.717) is 0 Å². The minimum Gasteiger partial charge on any atom is -0.387 e. The zero-order valence-electron chi connectivity index (χ0n) is 10.1. The summed E-state index contributed by atoms with van der Waals surface area (Å²) in [6, 6.07) is 16.3.